The number of carbonyl (C=O) groups is 2. The molecule has 8 nitrogen and oxygen atoms in total. The van der Waals surface area contributed by atoms with Crippen molar-refractivity contribution in [3.8, 4) is 17.2 Å². The number of benzene rings is 3. The Labute approximate surface area is 214 Å². The maximum atomic E-state index is 13.6. The zero-order chi connectivity index (χ0) is 26.5. The Kier molecular flexibility index (Phi) is 7.71. The summed E-state index contributed by atoms with van der Waals surface area (Å²) in [5.74, 6) is 0.533. The second-order valence-corrected chi connectivity index (χ2v) is 8.52. The van der Waals surface area contributed by atoms with Crippen molar-refractivity contribution in [1.29, 1.82) is 0 Å². The van der Waals surface area contributed by atoms with Crippen molar-refractivity contribution in [3.05, 3.63) is 89.2 Å². The third kappa shape index (κ3) is 5.55. The maximum Gasteiger partial charge on any atom is 0.262 e. The molecule has 1 atom stereocenters. The van der Waals surface area contributed by atoms with E-state index in [0.717, 1.165) is 17.2 Å². The lowest BCUT2D eigenvalue weighted by molar-refractivity contribution is -0.133. The SMILES string of the molecule is COc1ccc(C2CC(c3ccc(OC)cc3OC)=NN2C(=O)CN(C)C(=O)c2cccc(F)c2)cc1. The third-order valence-corrected chi connectivity index (χ3v) is 6.18. The molecule has 0 saturated carbocycles. The van der Waals surface area contributed by atoms with E-state index >= 15 is 0 Å². The van der Waals surface area contributed by atoms with Crippen molar-refractivity contribution < 1.29 is 28.2 Å². The molecule has 0 radical (unpaired) electrons. The van der Waals surface area contributed by atoms with E-state index in [1.807, 2.05) is 30.3 Å². The van der Waals surface area contributed by atoms with Crippen LogP contribution in [0.25, 0.3) is 0 Å². The van der Waals surface area contributed by atoms with Crippen molar-refractivity contribution in [3.63, 3.8) is 0 Å². The second kappa shape index (κ2) is 11.1. The second-order valence-electron chi connectivity index (χ2n) is 8.52. The summed E-state index contributed by atoms with van der Waals surface area (Å²) in [4.78, 5) is 27.5. The minimum absolute atomic E-state index is 0.163. The van der Waals surface area contributed by atoms with Crippen LogP contribution in [-0.4, -0.2) is 62.4 Å². The van der Waals surface area contributed by atoms with Crippen LogP contribution in [0.1, 0.15) is 33.9 Å². The normalized spacial score (nSPS) is 14.7. The van der Waals surface area contributed by atoms with Crippen LogP contribution < -0.4 is 14.2 Å². The number of rotatable bonds is 8. The number of halogens is 1. The van der Waals surface area contributed by atoms with E-state index in [0.29, 0.717) is 29.4 Å². The predicted octanol–water partition coefficient (Wildman–Crippen LogP) is 4.30. The Balaban J connectivity index is 1.64. The van der Waals surface area contributed by atoms with Gasteiger partial charge in [-0.1, -0.05) is 18.2 Å². The Hall–Kier alpha value is -4.40. The molecule has 1 heterocycles. The van der Waals surface area contributed by atoms with E-state index in [2.05, 4.69) is 5.10 Å². The maximum absolute atomic E-state index is 13.6. The van der Waals surface area contributed by atoms with Gasteiger partial charge in [0.2, 0.25) is 0 Å². The summed E-state index contributed by atoms with van der Waals surface area (Å²) in [6.07, 6.45) is 0.433. The highest BCUT2D eigenvalue weighted by Crippen LogP contribution is 2.36. The van der Waals surface area contributed by atoms with Gasteiger partial charge in [-0.15, -0.1) is 0 Å². The van der Waals surface area contributed by atoms with Crippen molar-refractivity contribution in [1.82, 2.24) is 9.91 Å². The molecule has 3 aromatic rings. The van der Waals surface area contributed by atoms with E-state index in [1.54, 1.807) is 33.5 Å². The number of hydrogen-bond acceptors (Lipinski definition) is 6. The summed E-state index contributed by atoms with van der Waals surface area (Å²) in [6.45, 7) is -0.238. The average Bonchev–Trinajstić information content (AvgIpc) is 3.37. The largest absolute Gasteiger partial charge is 0.497 e. The number of methoxy groups -OCH3 is 3. The molecule has 9 heteroatoms. The third-order valence-electron chi connectivity index (χ3n) is 6.18. The number of hydrazone groups is 1. The molecule has 0 fully saturated rings. The van der Waals surface area contributed by atoms with Crippen LogP contribution in [-0.2, 0) is 4.79 Å². The van der Waals surface area contributed by atoms with Crippen molar-refractivity contribution >= 4 is 17.5 Å². The first-order valence-electron chi connectivity index (χ1n) is 11.6. The fourth-order valence-corrected chi connectivity index (χ4v) is 4.21. The number of carbonyl (C=O) groups excluding carboxylic acids is 2. The molecule has 0 aromatic heterocycles. The Bertz CT molecular complexity index is 1330. The molecule has 2 amide bonds. The minimum Gasteiger partial charge on any atom is -0.497 e. The van der Waals surface area contributed by atoms with Gasteiger partial charge in [-0.2, -0.15) is 5.10 Å². The average molecular weight is 506 g/mol. The minimum atomic E-state index is -0.521. The number of amides is 2. The van der Waals surface area contributed by atoms with Gasteiger partial charge in [0.05, 0.1) is 33.1 Å². The van der Waals surface area contributed by atoms with Gasteiger partial charge >= 0.3 is 0 Å². The van der Waals surface area contributed by atoms with E-state index in [9.17, 15) is 14.0 Å². The summed E-state index contributed by atoms with van der Waals surface area (Å²) < 4.78 is 29.7. The summed E-state index contributed by atoms with van der Waals surface area (Å²) in [6, 6.07) is 17.8. The van der Waals surface area contributed by atoms with Crippen LogP contribution in [0.2, 0.25) is 0 Å². The van der Waals surface area contributed by atoms with Gasteiger partial charge in [0.15, 0.2) is 0 Å². The summed E-state index contributed by atoms with van der Waals surface area (Å²) >= 11 is 0. The van der Waals surface area contributed by atoms with Crippen molar-refractivity contribution in [2.45, 2.75) is 12.5 Å². The Morgan fingerprint density at radius 2 is 1.68 bits per heavy atom. The van der Waals surface area contributed by atoms with E-state index in [4.69, 9.17) is 14.2 Å². The Morgan fingerprint density at radius 1 is 0.973 bits per heavy atom. The first kappa shape index (κ1) is 25.7. The molecule has 1 aliphatic rings. The van der Waals surface area contributed by atoms with Gasteiger partial charge in [-0.25, -0.2) is 9.40 Å². The lowest BCUT2D eigenvalue weighted by atomic mass is 9.97. The summed E-state index contributed by atoms with van der Waals surface area (Å²) in [5, 5.41) is 6.07. The molecule has 0 saturated heterocycles. The van der Waals surface area contributed by atoms with Crippen molar-refractivity contribution in [2.24, 2.45) is 5.10 Å². The lowest BCUT2D eigenvalue weighted by Crippen LogP contribution is -2.39. The fourth-order valence-electron chi connectivity index (χ4n) is 4.21. The lowest BCUT2D eigenvalue weighted by Gasteiger charge is -2.25. The van der Waals surface area contributed by atoms with Crippen LogP contribution >= 0.6 is 0 Å². The molecule has 1 aliphatic heterocycles. The van der Waals surface area contributed by atoms with E-state index in [1.165, 1.54) is 35.2 Å². The van der Waals surface area contributed by atoms with E-state index < -0.39 is 17.8 Å². The monoisotopic (exact) mass is 505 g/mol. The fraction of sp³-hybridized carbons (Fsp3) is 0.250. The Morgan fingerprint density at radius 3 is 2.32 bits per heavy atom. The van der Waals surface area contributed by atoms with Gasteiger partial charge in [0.25, 0.3) is 11.8 Å². The molecule has 0 spiro atoms. The first-order chi connectivity index (χ1) is 17.8. The highest BCUT2D eigenvalue weighted by molar-refractivity contribution is 6.05. The quantitative estimate of drug-likeness (QED) is 0.456. The van der Waals surface area contributed by atoms with Gasteiger partial charge in [0.1, 0.15) is 29.6 Å². The van der Waals surface area contributed by atoms with E-state index in [-0.39, 0.29) is 18.0 Å². The van der Waals surface area contributed by atoms with Crippen molar-refractivity contribution in [2.75, 3.05) is 34.9 Å². The van der Waals surface area contributed by atoms with Crippen LogP contribution in [0, 0.1) is 5.82 Å². The predicted molar refractivity (Wildman–Crippen MR) is 137 cm³/mol. The molecule has 0 bridgehead atoms. The number of nitrogens with zero attached hydrogens (tertiary/aromatic N) is 3. The van der Waals surface area contributed by atoms with Gasteiger partial charge in [-0.3, -0.25) is 9.59 Å². The molecule has 3 aromatic carbocycles. The number of hydrogen-bond donors (Lipinski definition) is 0. The molecule has 4 rings (SSSR count). The van der Waals surface area contributed by atoms with Crippen LogP contribution in [0.15, 0.2) is 71.8 Å². The zero-order valence-corrected chi connectivity index (χ0v) is 21.1. The van der Waals surface area contributed by atoms with Crippen LogP contribution in [0.3, 0.4) is 0 Å². The topological polar surface area (TPSA) is 80.7 Å². The molecule has 0 aliphatic carbocycles. The summed E-state index contributed by atoms with van der Waals surface area (Å²) in [5.41, 5.74) is 2.42. The molecule has 37 heavy (non-hydrogen) atoms. The van der Waals surface area contributed by atoms with Crippen LogP contribution in [0.5, 0.6) is 17.2 Å². The smallest absolute Gasteiger partial charge is 0.262 e. The standard InChI is InChI=1S/C28H28FN3O5/c1-31(28(34)19-6-5-7-20(29)14-19)17-27(33)32-25(18-8-10-21(35-2)11-9-18)16-24(30-32)23-13-12-22(36-3)15-26(23)37-4/h5-15,25H,16-17H2,1-4H3. The highest BCUT2D eigenvalue weighted by Gasteiger charge is 2.35. The zero-order valence-electron chi connectivity index (χ0n) is 21.1. The van der Waals surface area contributed by atoms with Crippen LogP contribution in [0.4, 0.5) is 4.39 Å². The molecular weight excluding hydrogens is 477 g/mol. The van der Waals surface area contributed by atoms with Gasteiger partial charge in [-0.05, 0) is 48.0 Å². The molecule has 1 unspecified atom stereocenters. The molecule has 192 valence electrons. The molecular formula is C28H28FN3O5. The molecule has 0 N–H and O–H groups in total. The summed E-state index contributed by atoms with van der Waals surface area (Å²) in [7, 11) is 6.22. The van der Waals surface area contributed by atoms with Gasteiger partial charge in [0, 0.05) is 30.7 Å². The number of ether oxygens (including phenoxy) is 3. The number of likely N-dealkylation sites (N-methyl/N-ethyl adjacent to an activating group) is 1. The van der Waals surface area contributed by atoms with Gasteiger partial charge < -0.3 is 19.1 Å². The first-order valence-corrected chi connectivity index (χ1v) is 11.6. The highest BCUT2D eigenvalue weighted by atomic mass is 19.1.